The van der Waals surface area contributed by atoms with Gasteiger partial charge in [0.15, 0.2) is 5.65 Å². The van der Waals surface area contributed by atoms with Gasteiger partial charge in [0.25, 0.3) is 5.91 Å². The summed E-state index contributed by atoms with van der Waals surface area (Å²) in [6, 6.07) is 9.96. The number of imidazole rings is 1. The molecule has 5 rings (SSSR count). The van der Waals surface area contributed by atoms with Crippen LogP contribution in [-0.2, 0) is 6.18 Å². The Labute approximate surface area is 210 Å². The maximum absolute atomic E-state index is 14.5. The molecule has 2 aromatic carbocycles. The highest BCUT2D eigenvalue weighted by Gasteiger charge is 2.34. The minimum absolute atomic E-state index is 0.256. The zero-order valence-electron chi connectivity index (χ0n) is 18.4. The van der Waals surface area contributed by atoms with E-state index in [0.29, 0.717) is 40.0 Å². The Hall–Kier alpha value is -4.58. The van der Waals surface area contributed by atoms with E-state index in [0.717, 1.165) is 18.2 Å². The average Bonchev–Trinajstić information content (AvgIpc) is 3.35. The van der Waals surface area contributed by atoms with E-state index in [1.54, 1.807) is 18.3 Å². The molecular weight excluding hydrogens is 514 g/mol. The summed E-state index contributed by atoms with van der Waals surface area (Å²) in [5.41, 5.74) is 0.749. The van der Waals surface area contributed by atoms with Crippen LogP contribution in [0.25, 0.3) is 22.4 Å². The van der Waals surface area contributed by atoms with Gasteiger partial charge in [0.05, 0.1) is 22.6 Å². The lowest BCUT2D eigenvalue weighted by atomic mass is 10.1. The number of nitrogens with zero attached hydrogens (tertiary/aromatic N) is 4. The number of hydrogen-bond donors (Lipinski definition) is 3. The number of carbonyl (C=O) groups excluding carboxylic acids is 1. The van der Waals surface area contributed by atoms with Crippen LogP contribution < -0.4 is 10.6 Å². The van der Waals surface area contributed by atoms with Crippen molar-refractivity contribution >= 4 is 45.9 Å². The summed E-state index contributed by atoms with van der Waals surface area (Å²) in [4.78, 5) is 32.5. The SMILES string of the molecule is O=C(Nc1cc(Nc2ncccc2-c2ncnc3nc[nH]c23)ccc1F)c1ccc(Cl)c(C(F)(F)F)c1. The zero-order chi connectivity index (χ0) is 26.2. The van der Waals surface area contributed by atoms with Gasteiger partial charge in [-0.15, -0.1) is 0 Å². The van der Waals surface area contributed by atoms with Crippen LogP contribution in [0.3, 0.4) is 0 Å². The smallest absolute Gasteiger partial charge is 0.341 e. The number of anilines is 3. The molecule has 0 bridgehead atoms. The Balaban J connectivity index is 1.43. The molecule has 0 aliphatic heterocycles. The maximum Gasteiger partial charge on any atom is 0.417 e. The number of hydrogen-bond acceptors (Lipinski definition) is 6. The number of halogens is 5. The third kappa shape index (κ3) is 4.91. The molecule has 0 aliphatic rings. The standard InChI is InChI=1S/C24H14ClF4N7O/c25-16-5-3-12(8-15(16)24(27,28)29)23(37)36-18-9-13(4-6-17(18)26)35-21-14(2-1-7-30-21)19-20-22(33-10-31-19)34-11-32-20/h1-11H,(H,30,35)(H,36,37)(H,31,32,33,34). The molecule has 0 radical (unpaired) electrons. The molecule has 0 saturated carbocycles. The highest BCUT2D eigenvalue weighted by Crippen LogP contribution is 2.35. The molecule has 1 amide bonds. The average molecular weight is 528 g/mol. The first-order valence-electron chi connectivity index (χ1n) is 10.5. The minimum atomic E-state index is -4.76. The Bertz CT molecular complexity index is 1640. The number of rotatable bonds is 5. The van der Waals surface area contributed by atoms with Crippen LogP contribution in [0.2, 0.25) is 5.02 Å². The van der Waals surface area contributed by atoms with Crippen LogP contribution in [-0.4, -0.2) is 30.8 Å². The largest absolute Gasteiger partial charge is 0.417 e. The van der Waals surface area contributed by atoms with E-state index < -0.39 is 28.5 Å². The van der Waals surface area contributed by atoms with E-state index in [4.69, 9.17) is 11.6 Å². The Morgan fingerprint density at radius 3 is 2.65 bits per heavy atom. The number of amides is 1. The van der Waals surface area contributed by atoms with Gasteiger partial charge in [0.1, 0.15) is 29.2 Å². The number of aromatic nitrogens is 5. The van der Waals surface area contributed by atoms with Crippen LogP contribution in [0, 0.1) is 5.82 Å². The first-order chi connectivity index (χ1) is 17.7. The third-order valence-electron chi connectivity index (χ3n) is 5.30. The number of aromatic amines is 1. The summed E-state index contributed by atoms with van der Waals surface area (Å²) in [5, 5.41) is 4.80. The van der Waals surface area contributed by atoms with Gasteiger partial charge in [-0.05, 0) is 48.5 Å². The summed E-state index contributed by atoms with van der Waals surface area (Å²) in [5.74, 6) is -1.37. The Kier molecular flexibility index (Phi) is 6.17. The molecule has 3 aromatic heterocycles. The molecular formula is C24H14ClF4N7O. The van der Waals surface area contributed by atoms with E-state index in [9.17, 15) is 22.4 Å². The van der Waals surface area contributed by atoms with Gasteiger partial charge in [-0.25, -0.2) is 24.3 Å². The lowest BCUT2D eigenvalue weighted by Crippen LogP contribution is -2.15. The van der Waals surface area contributed by atoms with Crippen LogP contribution in [0.1, 0.15) is 15.9 Å². The van der Waals surface area contributed by atoms with Crippen molar-refractivity contribution in [3.63, 3.8) is 0 Å². The molecule has 13 heteroatoms. The maximum atomic E-state index is 14.5. The summed E-state index contributed by atoms with van der Waals surface area (Å²) in [6.07, 6.45) is -0.363. The van der Waals surface area contributed by atoms with Crippen molar-refractivity contribution in [2.45, 2.75) is 6.18 Å². The van der Waals surface area contributed by atoms with Crippen LogP contribution >= 0.6 is 11.6 Å². The van der Waals surface area contributed by atoms with Gasteiger partial charge in [-0.1, -0.05) is 11.6 Å². The molecule has 8 nitrogen and oxygen atoms in total. The van der Waals surface area contributed by atoms with Crippen LogP contribution in [0.15, 0.2) is 67.4 Å². The molecule has 0 spiro atoms. The van der Waals surface area contributed by atoms with Crippen LogP contribution in [0.4, 0.5) is 34.8 Å². The number of pyridine rings is 1. The highest BCUT2D eigenvalue weighted by atomic mass is 35.5. The van der Waals surface area contributed by atoms with Crippen molar-refractivity contribution < 1.29 is 22.4 Å². The van der Waals surface area contributed by atoms with E-state index in [2.05, 4.69) is 35.6 Å². The van der Waals surface area contributed by atoms with Gasteiger partial charge in [0.2, 0.25) is 0 Å². The van der Waals surface area contributed by atoms with Gasteiger partial charge in [-0.2, -0.15) is 13.2 Å². The van der Waals surface area contributed by atoms with E-state index >= 15 is 0 Å². The molecule has 3 N–H and O–H groups in total. The topological polar surface area (TPSA) is 108 Å². The molecule has 0 saturated heterocycles. The summed E-state index contributed by atoms with van der Waals surface area (Å²) >= 11 is 5.61. The number of H-pyrrole nitrogens is 1. The van der Waals surface area contributed by atoms with Crippen LogP contribution in [0.5, 0.6) is 0 Å². The normalized spacial score (nSPS) is 11.5. The highest BCUT2D eigenvalue weighted by molar-refractivity contribution is 6.31. The molecule has 37 heavy (non-hydrogen) atoms. The van der Waals surface area contributed by atoms with Crippen molar-refractivity contribution in [3.8, 4) is 11.3 Å². The number of alkyl halides is 3. The fraction of sp³-hybridized carbons (Fsp3) is 0.0417. The van der Waals surface area contributed by atoms with Crippen molar-refractivity contribution in [1.82, 2.24) is 24.9 Å². The molecule has 0 aliphatic carbocycles. The second-order valence-corrected chi connectivity index (χ2v) is 8.10. The second-order valence-electron chi connectivity index (χ2n) is 7.69. The molecule has 0 fully saturated rings. The Morgan fingerprint density at radius 2 is 1.84 bits per heavy atom. The van der Waals surface area contributed by atoms with Crippen molar-refractivity contribution in [2.24, 2.45) is 0 Å². The molecule has 0 atom stereocenters. The van der Waals surface area contributed by atoms with Crippen molar-refractivity contribution in [2.75, 3.05) is 10.6 Å². The molecule has 186 valence electrons. The minimum Gasteiger partial charge on any atom is -0.341 e. The molecule has 3 heterocycles. The van der Waals surface area contributed by atoms with Gasteiger partial charge in [-0.3, -0.25) is 4.79 Å². The van der Waals surface area contributed by atoms with Gasteiger partial charge in [0, 0.05) is 23.0 Å². The number of fused-ring (bicyclic) bond motifs is 1. The third-order valence-corrected chi connectivity index (χ3v) is 5.63. The Morgan fingerprint density at radius 1 is 1.00 bits per heavy atom. The van der Waals surface area contributed by atoms with E-state index in [1.165, 1.54) is 24.8 Å². The summed E-state index contributed by atoms with van der Waals surface area (Å²) in [6.45, 7) is 0. The number of carbonyl (C=O) groups is 1. The van der Waals surface area contributed by atoms with E-state index in [-0.39, 0.29) is 11.3 Å². The van der Waals surface area contributed by atoms with E-state index in [1.807, 2.05) is 0 Å². The number of benzene rings is 2. The first kappa shape index (κ1) is 24.1. The fourth-order valence-corrected chi connectivity index (χ4v) is 3.80. The summed E-state index contributed by atoms with van der Waals surface area (Å²) in [7, 11) is 0. The molecule has 0 unspecified atom stereocenters. The predicted molar refractivity (Wildman–Crippen MR) is 129 cm³/mol. The summed E-state index contributed by atoms with van der Waals surface area (Å²) < 4.78 is 54.0. The van der Waals surface area contributed by atoms with Gasteiger partial charge < -0.3 is 15.6 Å². The van der Waals surface area contributed by atoms with Crippen molar-refractivity contribution in [3.05, 3.63) is 89.3 Å². The second kappa shape index (κ2) is 9.47. The predicted octanol–water partition coefficient (Wildman–Crippen LogP) is 6.22. The van der Waals surface area contributed by atoms with Crippen molar-refractivity contribution in [1.29, 1.82) is 0 Å². The fourth-order valence-electron chi connectivity index (χ4n) is 3.58. The quantitative estimate of drug-likeness (QED) is 0.234. The number of nitrogens with one attached hydrogen (secondary N) is 3. The monoisotopic (exact) mass is 527 g/mol. The van der Waals surface area contributed by atoms with Gasteiger partial charge >= 0.3 is 6.18 Å². The lowest BCUT2D eigenvalue weighted by Gasteiger charge is -2.14. The molecule has 5 aromatic rings. The first-order valence-corrected chi connectivity index (χ1v) is 10.9. The lowest BCUT2D eigenvalue weighted by molar-refractivity contribution is -0.137. The zero-order valence-corrected chi connectivity index (χ0v) is 19.2.